The molecule has 1 N–H and O–H groups in total. The third-order valence-corrected chi connectivity index (χ3v) is 3.03. The summed E-state index contributed by atoms with van der Waals surface area (Å²) in [6.07, 6.45) is 0.545. The van der Waals surface area contributed by atoms with E-state index >= 15 is 0 Å². The lowest BCUT2D eigenvalue weighted by molar-refractivity contribution is 0.0950. The van der Waals surface area contributed by atoms with E-state index in [1.54, 1.807) is 12.1 Å². The largest absolute Gasteiger partial charge is 0.497 e. The van der Waals surface area contributed by atoms with Crippen LogP contribution >= 0.6 is 0 Å². The van der Waals surface area contributed by atoms with E-state index in [-0.39, 0.29) is 11.4 Å². The molecular weight excluding hydrogens is 276 g/mol. The first-order valence-corrected chi connectivity index (χ1v) is 6.46. The highest BCUT2D eigenvalue weighted by molar-refractivity contribution is 5.94. The van der Waals surface area contributed by atoms with Crippen molar-refractivity contribution < 1.29 is 18.3 Å². The van der Waals surface area contributed by atoms with Gasteiger partial charge in [0.1, 0.15) is 17.4 Å². The number of ether oxygens (including phenoxy) is 1. The SMILES string of the molecule is COc1ccc(C(=O)NCCc2ccc(F)cc2)c(F)c1. The lowest BCUT2D eigenvalue weighted by Gasteiger charge is -2.07. The Morgan fingerprint density at radius 3 is 2.48 bits per heavy atom. The zero-order valence-electron chi connectivity index (χ0n) is 11.5. The van der Waals surface area contributed by atoms with Crippen molar-refractivity contribution in [2.75, 3.05) is 13.7 Å². The van der Waals surface area contributed by atoms with Crippen LogP contribution in [0, 0.1) is 11.6 Å². The van der Waals surface area contributed by atoms with Gasteiger partial charge in [-0.1, -0.05) is 12.1 Å². The number of methoxy groups -OCH3 is 1. The quantitative estimate of drug-likeness (QED) is 0.920. The number of hydrogen-bond donors (Lipinski definition) is 1. The zero-order valence-corrected chi connectivity index (χ0v) is 11.5. The minimum atomic E-state index is -0.631. The zero-order chi connectivity index (χ0) is 15.2. The number of halogens is 2. The minimum absolute atomic E-state index is 0.0325. The van der Waals surface area contributed by atoms with Crippen molar-refractivity contribution in [3.05, 3.63) is 65.2 Å². The summed E-state index contributed by atoms with van der Waals surface area (Å²) in [5, 5.41) is 2.63. The Labute approximate surface area is 121 Å². The topological polar surface area (TPSA) is 38.3 Å². The summed E-state index contributed by atoms with van der Waals surface area (Å²) in [5.74, 6) is -1.07. The van der Waals surface area contributed by atoms with Crippen LogP contribution in [-0.4, -0.2) is 19.6 Å². The molecule has 0 saturated heterocycles. The van der Waals surface area contributed by atoms with Crippen LogP contribution in [0.15, 0.2) is 42.5 Å². The third kappa shape index (κ3) is 4.02. The average Bonchev–Trinajstić information content (AvgIpc) is 2.49. The molecule has 0 aliphatic carbocycles. The number of rotatable bonds is 5. The van der Waals surface area contributed by atoms with Crippen LogP contribution in [0.4, 0.5) is 8.78 Å². The molecule has 0 heterocycles. The second-order valence-corrected chi connectivity index (χ2v) is 4.48. The van der Waals surface area contributed by atoms with Gasteiger partial charge < -0.3 is 10.1 Å². The summed E-state index contributed by atoms with van der Waals surface area (Å²) >= 11 is 0. The van der Waals surface area contributed by atoms with Crippen molar-refractivity contribution in [1.29, 1.82) is 0 Å². The molecule has 0 aromatic heterocycles. The maximum Gasteiger partial charge on any atom is 0.254 e. The summed E-state index contributed by atoms with van der Waals surface area (Å²) in [5.41, 5.74) is 0.863. The van der Waals surface area contributed by atoms with Crippen LogP contribution in [0.3, 0.4) is 0 Å². The first-order valence-electron chi connectivity index (χ1n) is 6.46. The lowest BCUT2D eigenvalue weighted by Crippen LogP contribution is -2.26. The number of benzene rings is 2. The molecular formula is C16H15F2NO2. The van der Waals surface area contributed by atoms with Gasteiger partial charge in [-0.2, -0.15) is 0 Å². The van der Waals surface area contributed by atoms with E-state index in [9.17, 15) is 13.6 Å². The number of hydrogen-bond acceptors (Lipinski definition) is 2. The fourth-order valence-electron chi connectivity index (χ4n) is 1.87. The second-order valence-electron chi connectivity index (χ2n) is 4.48. The van der Waals surface area contributed by atoms with Crippen LogP contribution < -0.4 is 10.1 Å². The molecule has 0 atom stereocenters. The van der Waals surface area contributed by atoms with Crippen molar-refractivity contribution in [2.24, 2.45) is 0 Å². The van der Waals surface area contributed by atoms with E-state index in [0.717, 1.165) is 11.6 Å². The molecule has 2 aromatic carbocycles. The summed E-state index contributed by atoms with van der Waals surface area (Å²) < 4.78 is 31.3. The molecule has 21 heavy (non-hydrogen) atoms. The number of carbonyl (C=O) groups excluding carboxylic acids is 1. The Bertz CT molecular complexity index is 627. The van der Waals surface area contributed by atoms with Gasteiger partial charge in [0.15, 0.2) is 0 Å². The summed E-state index contributed by atoms with van der Waals surface area (Å²) in [7, 11) is 1.43. The van der Waals surface area contributed by atoms with Gasteiger partial charge in [0.2, 0.25) is 0 Å². The molecule has 110 valence electrons. The molecule has 0 fully saturated rings. The van der Waals surface area contributed by atoms with Crippen molar-refractivity contribution in [1.82, 2.24) is 5.32 Å². The van der Waals surface area contributed by atoms with E-state index in [2.05, 4.69) is 5.32 Å². The highest BCUT2D eigenvalue weighted by atomic mass is 19.1. The summed E-state index contributed by atoms with van der Waals surface area (Å²) in [6, 6.07) is 10.1. The molecule has 2 aromatic rings. The van der Waals surface area contributed by atoms with Crippen LogP contribution in [0.25, 0.3) is 0 Å². The van der Waals surface area contributed by atoms with Crippen molar-refractivity contribution >= 4 is 5.91 Å². The standard InChI is InChI=1S/C16H15F2NO2/c1-21-13-6-7-14(15(18)10-13)16(20)19-9-8-11-2-4-12(17)5-3-11/h2-7,10H,8-9H2,1H3,(H,19,20). The van der Waals surface area contributed by atoms with E-state index in [1.807, 2.05) is 0 Å². The Balaban J connectivity index is 1.91. The third-order valence-electron chi connectivity index (χ3n) is 3.03. The van der Waals surface area contributed by atoms with E-state index < -0.39 is 11.7 Å². The predicted octanol–water partition coefficient (Wildman–Crippen LogP) is 2.95. The van der Waals surface area contributed by atoms with Gasteiger partial charge in [0, 0.05) is 12.6 Å². The predicted molar refractivity (Wildman–Crippen MR) is 75.4 cm³/mol. The van der Waals surface area contributed by atoms with Gasteiger partial charge in [0.25, 0.3) is 5.91 Å². The van der Waals surface area contributed by atoms with Crippen LogP contribution in [0.5, 0.6) is 5.75 Å². The van der Waals surface area contributed by atoms with Crippen molar-refractivity contribution in [3.63, 3.8) is 0 Å². The molecule has 5 heteroatoms. The molecule has 3 nitrogen and oxygen atoms in total. The Kier molecular flexibility index (Phi) is 4.87. The molecule has 0 unspecified atom stereocenters. The first kappa shape index (κ1) is 15.0. The monoisotopic (exact) mass is 291 g/mol. The van der Waals surface area contributed by atoms with Crippen LogP contribution in [-0.2, 0) is 6.42 Å². The average molecular weight is 291 g/mol. The Morgan fingerprint density at radius 2 is 1.86 bits per heavy atom. The lowest BCUT2D eigenvalue weighted by atomic mass is 10.1. The summed E-state index contributed by atoms with van der Waals surface area (Å²) in [4.78, 5) is 11.9. The van der Waals surface area contributed by atoms with Gasteiger partial charge in [-0.25, -0.2) is 8.78 Å². The molecule has 0 aliphatic rings. The molecule has 2 rings (SSSR count). The molecule has 0 spiro atoms. The fraction of sp³-hybridized carbons (Fsp3) is 0.188. The maximum atomic E-state index is 13.7. The van der Waals surface area contributed by atoms with Crippen LogP contribution in [0.1, 0.15) is 15.9 Å². The maximum absolute atomic E-state index is 13.7. The normalized spacial score (nSPS) is 10.2. The molecule has 0 bridgehead atoms. The smallest absolute Gasteiger partial charge is 0.254 e. The summed E-state index contributed by atoms with van der Waals surface area (Å²) in [6.45, 7) is 0.343. The van der Waals surface area contributed by atoms with Crippen molar-refractivity contribution in [2.45, 2.75) is 6.42 Å². The number of amides is 1. The molecule has 0 saturated carbocycles. The molecule has 0 radical (unpaired) electrons. The molecule has 1 amide bonds. The fourth-order valence-corrected chi connectivity index (χ4v) is 1.87. The second kappa shape index (κ2) is 6.83. The van der Waals surface area contributed by atoms with Gasteiger partial charge in [0.05, 0.1) is 12.7 Å². The Morgan fingerprint density at radius 1 is 1.14 bits per heavy atom. The first-order chi connectivity index (χ1) is 10.1. The van der Waals surface area contributed by atoms with Gasteiger partial charge in [-0.05, 0) is 36.2 Å². The Hall–Kier alpha value is -2.43. The van der Waals surface area contributed by atoms with Gasteiger partial charge >= 0.3 is 0 Å². The van der Waals surface area contributed by atoms with Gasteiger partial charge in [-0.15, -0.1) is 0 Å². The van der Waals surface area contributed by atoms with Gasteiger partial charge in [-0.3, -0.25) is 4.79 Å². The van der Waals surface area contributed by atoms with Crippen molar-refractivity contribution in [3.8, 4) is 5.75 Å². The number of carbonyl (C=O) groups is 1. The highest BCUT2D eigenvalue weighted by Crippen LogP contribution is 2.16. The van der Waals surface area contributed by atoms with Crippen LogP contribution in [0.2, 0.25) is 0 Å². The van der Waals surface area contributed by atoms with E-state index in [1.165, 1.54) is 31.4 Å². The van der Waals surface area contributed by atoms with E-state index in [0.29, 0.717) is 18.7 Å². The van der Waals surface area contributed by atoms with E-state index in [4.69, 9.17) is 4.74 Å². The highest BCUT2D eigenvalue weighted by Gasteiger charge is 2.11. The minimum Gasteiger partial charge on any atom is -0.497 e. The molecule has 0 aliphatic heterocycles. The number of nitrogens with one attached hydrogen (secondary N) is 1.